The Balaban J connectivity index is 3.30. The zero-order valence-corrected chi connectivity index (χ0v) is 7.45. The molecule has 0 saturated heterocycles. The minimum absolute atomic E-state index is 0.256. The number of carbonyl (C=O) groups is 2. The van der Waals surface area contributed by atoms with Crippen molar-refractivity contribution < 1.29 is 14.7 Å². The largest absolute Gasteiger partial charge is 0.480 e. The Kier molecular flexibility index (Phi) is 6.15. The quantitative estimate of drug-likeness (QED) is 0.432. The van der Waals surface area contributed by atoms with E-state index in [1.807, 2.05) is 0 Å². The molecule has 0 aromatic heterocycles. The van der Waals surface area contributed by atoms with Gasteiger partial charge in [-0.15, -0.1) is 11.7 Å². The number of carboxylic acid groups (broad SMARTS) is 1. The summed E-state index contributed by atoms with van der Waals surface area (Å²) in [4.78, 5) is 20.6. The van der Waals surface area contributed by atoms with Gasteiger partial charge in [-0.25, -0.2) is 0 Å². The maximum Gasteiger partial charge on any atom is 0.322 e. The minimum atomic E-state index is -1.03. The van der Waals surface area contributed by atoms with Crippen LogP contribution in [-0.4, -0.2) is 29.3 Å². The third kappa shape index (κ3) is 7.54. The molecule has 0 unspecified atom stereocenters. The van der Waals surface area contributed by atoms with E-state index in [0.717, 1.165) is 0 Å². The van der Waals surface area contributed by atoms with E-state index in [1.165, 1.54) is 10.8 Å². The van der Waals surface area contributed by atoms with Crippen molar-refractivity contribution in [2.24, 2.45) is 0 Å². The molecule has 4 nitrogen and oxygen atoms in total. The zero-order valence-electron chi connectivity index (χ0n) is 5.74. The Morgan fingerprint density at radius 1 is 1.55 bits per heavy atom. The average Bonchev–Trinajstić information content (AvgIpc) is 1.97. The first-order chi connectivity index (χ1) is 5.16. The molecule has 6 heteroatoms. The second-order valence-corrected chi connectivity index (χ2v) is 3.19. The first-order valence-corrected chi connectivity index (χ1v) is 4.95. The van der Waals surface area contributed by atoms with Gasteiger partial charge in [-0.3, -0.25) is 9.59 Å². The zero-order chi connectivity index (χ0) is 8.69. The van der Waals surface area contributed by atoms with E-state index in [-0.39, 0.29) is 12.5 Å². The maximum atomic E-state index is 10.7. The second-order valence-electron chi connectivity index (χ2n) is 1.75. The summed E-state index contributed by atoms with van der Waals surface area (Å²) < 4.78 is 0. The first kappa shape index (κ1) is 10.6. The van der Waals surface area contributed by atoms with Crippen molar-refractivity contribution in [3.63, 3.8) is 0 Å². The van der Waals surface area contributed by atoms with Gasteiger partial charge in [0.2, 0.25) is 5.91 Å². The van der Waals surface area contributed by atoms with Gasteiger partial charge in [0.05, 0.1) is 0 Å². The minimum Gasteiger partial charge on any atom is -0.480 e. The predicted molar refractivity (Wildman–Crippen MR) is 46.7 cm³/mol. The lowest BCUT2D eigenvalue weighted by molar-refractivity contribution is -0.137. The third-order valence-electron chi connectivity index (χ3n) is 0.857. The molecule has 11 heavy (non-hydrogen) atoms. The van der Waals surface area contributed by atoms with Crippen LogP contribution in [0.3, 0.4) is 0 Å². The van der Waals surface area contributed by atoms with Gasteiger partial charge < -0.3 is 10.4 Å². The van der Waals surface area contributed by atoms with Crippen molar-refractivity contribution in [1.29, 1.82) is 0 Å². The van der Waals surface area contributed by atoms with Gasteiger partial charge in [-0.05, 0) is 0 Å². The highest BCUT2D eigenvalue weighted by Gasteiger charge is 2.01. The summed E-state index contributed by atoms with van der Waals surface area (Å²) in [7, 11) is 1.25. The van der Waals surface area contributed by atoms with Gasteiger partial charge in [0.15, 0.2) is 0 Å². The predicted octanol–water partition coefficient (Wildman–Crippen LogP) is 0.155. The summed E-state index contributed by atoms with van der Waals surface area (Å²) in [5, 5.41) is 10.4. The van der Waals surface area contributed by atoms with Gasteiger partial charge >= 0.3 is 5.97 Å². The van der Waals surface area contributed by atoms with E-state index in [2.05, 4.69) is 17.0 Å². The Hall–Kier alpha value is -0.360. The molecule has 0 radical (unpaired) electrons. The Morgan fingerprint density at radius 3 is 2.64 bits per heavy atom. The maximum absolute atomic E-state index is 10.7. The summed E-state index contributed by atoms with van der Waals surface area (Å²) in [6, 6.07) is 0. The van der Waals surface area contributed by atoms with Crippen LogP contribution < -0.4 is 5.32 Å². The number of carbonyl (C=O) groups excluding carboxylic acids is 1. The van der Waals surface area contributed by atoms with E-state index < -0.39 is 5.97 Å². The highest BCUT2D eigenvalue weighted by molar-refractivity contribution is 8.68. The molecule has 0 heterocycles. The number of nitrogens with one attached hydrogen (secondary N) is 1. The Bertz CT molecular complexity index is 151. The monoisotopic (exact) mass is 195 g/mol. The van der Waals surface area contributed by atoms with Crippen LogP contribution in [-0.2, 0) is 9.59 Å². The highest BCUT2D eigenvalue weighted by atomic mass is 33.1. The molecule has 0 fully saturated rings. The highest BCUT2D eigenvalue weighted by Crippen LogP contribution is 2.05. The van der Waals surface area contributed by atoms with Crippen LogP contribution in [0.4, 0.5) is 0 Å². The summed E-state index contributed by atoms with van der Waals surface area (Å²) >= 11 is 3.82. The van der Waals surface area contributed by atoms with Crippen molar-refractivity contribution in [2.45, 2.75) is 6.42 Å². The van der Waals surface area contributed by atoms with Crippen molar-refractivity contribution in [3.8, 4) is 0 Å². The first-order valence-electron chi connectivity index (χ1n) is 2.91. The number of carboxylic acids is 1. The lowest BCUT2D eigenvalue weighted by Crippen LogP contribution is -2.29. The van der Waals surface area contributed by atoms with E-state index >= 15 is 0 Å². The van der Waals surface area contributed by atoms with Crippen LogP contribution in [0, 0.1) is 0 Å². The van der Waals surface area contributed by atoms with Crippen LogP contribution in [0.25, 0.3) is 0 Å². The molecule has 1 amide bonds. The molecule has 0 aromatic carbocycles. The number of hydrogen-bond donors (Lipinski definition) is 3. The molecule has 0 saturated carbocycles. The lowest BCUT2D eigenvalue weighted by atomic mass is 10.4. The summed E-state index contributed by atoms with van der Waals surface area (Å²) in [6.45, 7) is -0.309. The van der Waals surface area contributed by atoms with Gasteiger partial charge in [-0.1, -0.05) is 10.8 Å². The van der Waals surface area contributed by atoms with Gasteiger partial charge in [-0.2, -0.15) is 0 Å². The van der Waals surface area contributed by atoms with Crippen molar-refractivity contribution in [2.75, 3.05) is 12.3 Å². The smallest absolute Gasteiger partial charge is 0.322 e. The molecule has 0 spiro atoms. The van der Waals surface area contributed by atoms with Gasteiger partial charge in [0.25, 0.3) is 0 Å². The standard InChI is InChI=1S/C5H9NO3S2/c7-4(1-2-11-10)6-3-5(8)9/h10H,1-3H2,(H,6,7)(H,8,9). The molecule has 0 aliphatic rings. The average molecular weight is 195 g/mol. The van der Waals surface area contributed by atoms with Crippen LogP contribution in [0.1, 0.15) is 6.42 Å². The molecule has 0 aliphatic carbocycles. The van der Waals surface area contributed by atoms with Crippen LogP contribution in [0.2, 0.25) is 0 Å². The van der Waals surface area contributed by atoms with Crippen molar-refractivity contribution >= 4 is 34.3 Å². The van der Waals surface area contributed by atoms with Crippen LogP contribution in [0.15, 0.2) is 0 Å². The van der Waals surface area contributed by atoms with E-state index in [9.17, 15) is 9.59 Å². The molecule has 0 aliphatic heterocycles. The molecule has 0 bridgehead atoms. The molecule has 0 rings (SSSR count). The van der Waals surface area contributed by atoms with Crippen LogP contribution in [0.5, 0.6) is 0 Å². The molecule has 64 valence electrons. The normalized spacial score (nSPS) is 9.18. The SMILES string of the molecule is O=C(O)CNC(=O)CCSS. The number of rotatable bonds is 5. The Labute approximate surface area is 73.5 Å². The molecular formula is C5H9NO3S2. The fourth-order valence-electron chi connectivity index (χ4n) is 0.401. The molecular weight excluding hydrogens is 186 g/mol. The fraction of sp³-hybridized carbons (Fsp3) is 0.600. The topological polar surface area (TPSA) is 66.4 Å². The van der Waals surface area contributed by atoms with Crippen molar-refractivity contribution in [3.05, 3.63) is 0 Å². The number of hydrogen-bond acceptors (Lipinski definition) is 4. The van der Waals surface area contributed by atoms with Gasteiger partial charge in [0.1, 0.15) is 6.54 Å². The van der Waals surface area contributed by atoms with E-state index in [4.69, 9.17) is 5.11 Å². The second kappa shape index (κ2) is 6.36. The molecule has 0 atom stereocenters. The lowest BCUT2D eigenvalue weighted by Gasteiger charge is -1.99. The molecule has 0 aromatic rings. The Morgan fingerprint density at radius 2 is 2.18 bits per heavy atom. The summed E-state index contributed by atoms with van der Waals surface area (Å²) in [5.41, 5.74) is 0. The number of aliphatic carboxylic acids is 1. The van der Waals surface area contributed by atoms with Crippen LogP contribution >= 0.6 is 22.5 Å². The summed E-state index contributed by atoms with van der Waals surface area (Å²) in [5.74, 6) is -0.694. The number of thiol groups is 1. The van der Waals surface area contributed by atoms with Gasteiger partial charge in [0, 0.05) is 12.2 Å². The molecule has 2 N–H and O–H groups in total. The fourth-order valence-corrected chi connectivity index (χ4v) is 0.951. The summed E-state index contributed by atoms with van der Waals surface area (Å²) in [6.07, 6.45) is 0.307. The van der Waals surface area contributed by atoms with E-state index in [0.29, 0.717) is 12.2 Å². The number of amides is 1. The van der Waals surface area contributed by atoms with Crippen molar-refractivity contribution in [1.82, 2.24) is 5.32 Å². The third-order valence-corrected chi connectivity index (χ3v) is 1.79. The van der Waals surface area contributed by atoms with E-state index in [1.54, 1.807) is 0 Å².